The molecule has 0 aliphatic heterocycles. The van der Waals surface area contributed by atoms with Crippen LogP contribution in [-0.4, -0.2) is 12.5 Å². The zero-order chi connectivity index (χ0) is 12.2. The van der Waals surface area contributed by atoms with E-state index in [1.165, 1.54) is 12.1 Å². The summed E-state index contributed by atoms with van der Waals surface area (Å²) in [5.74, 6) is -0.357. The Morgan fingerprint density at radius 1 is 1.31 bits per heavy atom. The Balaban J connectivity index is 2.57. The zero-order valence-electron chi connectivity index (χ0n) is 7.88. The van der Waals surface area contributed by atoms with Gasteiger partial charge in [0.2, 0.25) is 0 Å². The van der Waals surface area contributed by atoms with Crippen LogP contribution in [0.15, 0.2) is 24.3 Å². The fourth-order valence-electron chi connectivity index (χ4n) is 0.983. The van der Waals surface area contributed by atoms with Crippen molar-refractivity contribution in [2.75, 3.05) is 0 Å². The molecule has 88 valence electrons. The SMILES string of the molecule is O=C([O-])NCc1ccc(OC(F)(F)F)cc1. The first-order valence-electron chi connectivity index (χ1n) is 4.16. The van der Waals surface area contributed by atoms with Crippen molar-refractivity contribution in [3.8, 4) is 5.75 Å². The lowest BCUT2D eigenvalue weighted by molar-refractivity contribution is -0.274. The summed E-state index contributed by atoms with van der Waals surface area (Å²) >= 11 is 0. The second-order valence-electron chi connectivity index (χ2n) is 2.83. The van der Waals surface area contributed by atoms with Crippen LogP contribution in [0.3, 0.4) is 0 Å². The molecule has 0 spiro atoms. The summed E-state index contributed by atoms with van der Waals surface area (Å²) in [7, 11) is 0. The Hall–Kier alpha value is -1.92. The molecular formula is C9H7F3NO3-. The normalized spacial score (nSPS) is 10.9. The molecule has 0 saturated heterocycles. The van der Waals surface area contributed by atoms with E-state index in [4.69, 9.17) is 0 Å². The Bertz CT molecular complexity index is 361. The van der Waals surface area contributed by atoms with E-state index in [1.807, 2.05) is 5.32 Å². The molecule has 1 aromatic rings. The average Bonchev–Trinajstić information content (AvgIpc) is 2.14. The summed E-state index contributed by atoms with van der Waals surface area (Å²) in [5.41, 5.74) is 0.499. The molecule has 0 heterocycles. The number of alkyl halides is 3. The molecule has 1 aromatic carbocycles. The van der Waals surface area contributed by atoms with E-state index < -0.39 is 12.5 Å². The number of hydrogen-bond donors (Lipinski definition) is 1. The van der Waals surface area contributed by atoms with Crippen molar-refractivity contribution in [1.82, 2.24) is 5.32 Å². The average molecular weight is 234 g/mol. The van der Waals surface area contributed by atoms with Crippen molar-refractivity contribution in [2.24, 2.45) is 0 Å². The molecule has 1 rings (SSSR count). The van der Waals surface area contributed by atoms with Crippen molar-refractivity contribution in [3.05, 3.63) is 29.8 Å². The summed E-state index contributed by atoms with van der Waals surface area (Å²) in [5, 5.41) is 12.0. The number of nitrogens with one attached hydrogen (secondary N) is 1. The van der Waals surface area contributed by atoms with Gasteiger partial charge in [-0.3, -0.25) is 0 Å². The van der Waals surface area contributed by atoms with Crippen molar-refractivity contribution in [2.45, 2.75) is 12.9 Å². The molecule has 0 radical (unpaired) electrons. The monoisotopic (exact) mass is 234 g/mol. The van der Waals surface area contributed by atoms with Gasteiger partial charge in [0.25, 0.3) is 0 Å². The van der Waals surface area contributed by atoms with Gasteiger partial charge in [-0.25, -0.2) is 0 Å². The van der Waals surface area contributed by atoms with Crippen molar-refractivity contribution in [1.29, 1.82) is 0 Å². The van der Waals surface area contributed by atoms with Gasteiger partial charge in [0.05, 0.1) is 0 Å². The first-order chi connectivity index (χ1) is 7.37. The third-order valence-electron chi connectivity index (χ3n) is 1.59. The van der Waals surface area contributed by atoms with Crippen molar-refractivity contribution < 1.29 is 27.8 Å². The number of ether oxygens (including phenoxy) is 1. The molecule has 16 heavy (non-hydrogen) atoms. The largest absolute Gasteiger partial charge is 0.573 e. The van der Waals surface area contributed by atoms with Gasteiger partial charge in [0.15, 0.2) is 0 Å². The molecule has 0 aromatic heterocycles. The smallest absolute Gasteiger partial charge is 0.530 e. The van der Waals surface area contributed by atoms with Crippen LogP contribution in [0.2, 0.25) is 0 Å². The minimum absolute atomic E-state index is 0.0331. The van der Waals surface area contributed by atoms with Crippen LogP contribution < -0.4 is 15.2 Å². The molecule has 0 bridgehead atoms. The van der Waals surface area contributed by atoms with Crippen LogP contribution in [0, 0.1) is 0 Å². The lowest BCUT2D eigenvalue weighted by Gasteiger charge is -2.10. The number of carboxylic acid groups (broad SMARTS) is 1. The van der Waals surface area contributed by atoms with E-state index in [9.17, 15) is 23.1 Å². The molecule has 4 nitrogen and oxygen atoms in total. The summed E-state index contributed by atoms with van der Waals surface area (Å²) in [6, 6.07) is 4.83. The second-order valence-corrected chi connectivity index (χ2v) is 2.83. The van der Waals surface area contributed by atoms with Crippen molar-refractivity contribution >= 4 is 6.09 Å². The topological polar surface area (TPSA) is 61.4 Å². The van der Waals surface area contributed by atoms with Gasteiger partial charge in [0.1, 0.15) is 11.8 Å². The second kappa shape index (κ2) is 4.73. The Morgan fingerprint density at radius 3 is 2.31 bits per heavy atom. The maximum absolute atomic E-state index is 11.8. The summed E-state index contributed by atoms with van der Waals surface area (Å²) in [6.45, 7) is -0.0331. The number of hydrogen-bond acceptors (Lipinski definition) is 3. The highest BCUT2D eigenvalue weighted by Crippen LogP contribution is 2.22. The van der Waals surface area contributed by atoms with E-state index in [1.54, 1.807) is 0 Å². The quantitative estimate of drug-likeness (QED) is 0.849. The maximum Gasteiger partial charge on any atom is 0.573 e. The van der Waals surface area contributed by atoms with Crippen LogP contribution in [0.25, 0.3) is 0 Å². The number of benzene rings is 1. The van der Waals surface area contributed by atoms with E-state index >= 15 is 0 Å². The number of carbonyl (C=O) groups is 1. The molecule has 0 atom stereocenters. The van der Waals surface area contributed by atoms with E-state index in [-0.39, 0.29) is 12.3 Å². The minimum atomic E-state index is -4.73. The lowest BCUT2D eigenvalue weighted by Crippen LogP contribution is -2.35. The van der Waals surface area contributed by atoms with Gasteiger partial charge in [-0.2, -0.15) is 0 Å². The molecule has 0 aliphatic carbocycles. The molecule has 0 unspecified atom stereocenters. The van der Waals surface area contributed by atoms with Crippen molar-refractivity contribution in [3.63, 3.8) is 0 Å². The molecule has 0 saturated carbocycles. The number of rotatable bonds is 3. The van der Waals surface area contributed by atoms with Crippen LogP contribution in [0.4, 0.5) is 18.0 Å². The van der Waals surface area contributed by atoms with Gasteiger partial charge in [0, 0.05) is 6.54 Å². The third-order valence-corrected chi connectivity index (χ3v) is 1.59. The summed E-state index contributed by atoms with van der Waals surface area (Å²) < 4.78 is 39.0. The highest BCUT2D eigenvalue weighted by atomic mass is 19.4. The molecule has 0 aliphatic rings. The van der Waals surface area contributed by atoms with Crippen LogP contribution in [0.1, 0.15) is 5.56 Å². The van der Waals surface area contributed by atoms with Gasteiger partial charge < -0.3 is 20.0 Å². The van der Waals surface area contributed by atoms with E-state index in [2.05, 4.69) is 4.74 Å². The van der Waals surface area contributed by atoms with Gasteiger partial charge in [-0.05, 0) is 17.7 Å². The predicted molar refractivity (Wildman–Crippen MR) is 45.4 cm³/mol. The number of amides is 1. The van der Waals surface area contributed by atoms with Crippen LogP contribution in [-0.2, 0) is 6.54 Å². The highest BCUT2D eigenvalue weighted by Gasteiger charge is 2.30. The van der Waals surface area contributed by atoms with Crippen LogP contribution >= 0.6 is 0 Å². The van der Waals surface area contributed by atoms with Gasteiger partial charge in [-0.1, -0.05) is 12.1 Å². The molecular weight excluding hydrogens is 227 g/mol. The molecule has 1 N–H and O–H groups in total. The van der Waals surface area contributed by atoms with E-state index in [0.29, 0.717) is 5.56 Å². The third kappa shape index (κ3) is 4.54. The van der Waals surface area contributed by atoms with Gasteiger partial charge in [-0.15, -0.1) is 13.2 Å². The van der Waals surface area contributed by atoms with Crippen LogP contribution in [0.5, 0.6) is 5.75 Å². The Labute approximate surface area is 88.6 Å². The first-order valence-corrected chi connectivity index (χ1v) is 4.16. The van der Waals surface area contributed by atoms with Gasteiger partial charge >= 0.3 is 6.36 Å². The lowest BCUT2D eigenvalue weighted by atomic mass is 10.2. The number of carbonyl (C=O) groups excluding carboxylic acids is 1. The van der Waals surface area contributed by atoms with E-state index in [0.717, 1.165) is 12.1 Å². The zero-order valence-corrected chi connectivity index (χ0v) is 7.88. The summed E-state index contributed by atoms with van der Waals surface area (Å²) in [6.07, 6.45) is -6.18. The first kappa shape index (κ1) is 12.2. The fraction of sp³-hybridized carbons (Fsp3) is 0.222. The molecule has 0 fully saturated rings. The molecule has 7 heteroatoms. The highest BCUT2D eigenvalue weighted by molar-refractivity contribution is 5.61. The molecule has 1 amide bonds. The Kier molecular flexibility index (Phi) is 3.60. The standard InChI is InChI=1S/C9H8F3NO3/c10-9(11,12)16-7-3-1-6(2-4-7)5-13-8(14)15/h1-4,13H,5H2,(H,14,15)/p-1. The predicted octanol–water partition coefficient (Wildman–Crippen LogP) is 1.02. The minimum Gasteiger partial charge on any atom is -0.530 e. The Morgan fingerprint density at radius 2 is 1.88 bits per heavy atom. The number of halogens is 3. The fourth-order valence-corrected chi connectivity index (χ4v) is 0.983. The summed E-state index contributed by atoms with van der Waals surface area (Å²) in [4.78, 5) is 10.0. The maximum atomic E-state index is 11.8.